The summed E-state index contributed by atoms with van der Waals surface area (Å²) in [6, 6.07) is 0. The van der Waals surface area contributed by atoms with Gasteiger partial charge in [0.25, 0.3) is 0 Å². The molecule has 0 spiro atoms. The normalized spacial score (nSPS) is 23.0. The van der Waals surface area contributed by atoms with Crippen LogP contribution in [-0.4, -0.2) is 98.3 Å². The lowest BCUT2D eigenvalue weighted by Crippen LogP contribution is -2.64. The van der Waals surface area contributed by atoms with E-state index in [0.29, 0.717) is 19.3 Å². The van der Waals surface area contributed by atoms with Crippen LogP contribution in [0.3, 0.4) is 0 Å². The van der Waals surface area contributed by atoms with Gasteiger partial charge in [-0.1, -0.05) is 130 Å². The highest BCUT2D eigenvalue weighted by Crippen LogP contribution is 2.47. The number of aliphatic hydroxyl groups is 5. The number of hydrogen-bond donors (Lipinski definition) is 6. The molecule has 1 fully saturated rings. The van der Waals surface area contributed by atoms with Gasteiger partial charge < -0.3 is 39.9 Å². The smallest absolute Gasteiger partial charge is 0.462 e. The second kappa shape index (κ2) is 36.3. The lowest BCUT2D eigenvalue weighted by Gasteiger charge is -2.41. The molecule has 0 saturated heterocycles. The minimum absolute atomic E-state index is 0.00832. The zero-order chi connectivity index (χ0) is 45.0. The molecule has 1 aliphatic rings. The zero-order valence-corrected chi connectivity index (χ0v) is 37.3. The van der Waals surface area contributed by atoms with Crippen molar-refractivity contribution in [3.05, 3.63) is 97.2 Å². The van der Waals surface area contributed by atoms with Crippen LogP contribution < -0.4 is 0 Å². The predicted molar refractivity (Wildman–Crippen MR) is 239 cm³/mol. The molecule has 0 aromatic carbocycles. The highest BCUT2D eigenvalue weighted by Gasteiger charge is 2.51. The van der Waals surface area contributed by atoms with Crippen LogP contribution in [0.4, 0.5) is 0 Å². The van der Waals surface area contributed by atoms with Crippen molar-refractivity contribution < 1.29 is 63.1 Å². The Bertz CT molecular complexity index is 1430. The van der Waals surface area contributed by atoms with Crippen molar-refractivity contribution >= 4 is 19.8 Å². The molecular weight excluding hydrogens is 803 g/mol. The fraction of sp³-hybridized carbons (Fsp3) is 0.617. The summed E-state index contributed by atoms with van der Waals surface area (Å²) in [5.74, 6) is -1.20. The third-order valence-electron chi connectivity index (χ3n) is 9.42. The lowest BCUT2D eigenvalue weighted by atomic mass is 9.85. The summed E-state index contributed by atoms with van der Waals surface area (Å²) >= 11 is 0. The minimum atomic E-state index is -5.14. The van der Waals surface area contributed by atoms with E-state index < -0.39 is 75.7 Å². The molecule has 0 bridgehead atoms. The quantitative estimate of drug-likeness (QED) is 0.0156. The zero-order valence-electron chi connectivity index (χ0n) is 36.4. The largest absolute Gasteiger partial charge is 0.472 e. The van der Waals surface area contributed by atoms with Crippen LogP contribution >= 0.6 is 7.82 Å². The topological polar surface area (TPSA) is 210 Å². The van der Waals surface area contributed by atoms with Crippen molar-refractivity contribution in [3.8, 4) is 0 Å². The third kappa shape index (κ3) is 28.9. The van der Waals surface area contributed by atoms with Gasteiger partial charge in [-0.05, 0) is 83.5 Å². The van der Waals surface area contributed by atoms with Crippen molar-refractivity contribution in [1.29, 1.82) is 0 Å². The molecule has 1 rings (SSSR count). The maximum absolute atomic E-state index is 12.8. The average molecular weight is 879 g/mol. The Morgan fingerprint density at radius 1 is 0.508 bits per heavy atom. The average Bonchev–Trinajstić information content (AvgIpc) is 3.24. The van der Waals surface area contributed by atoms with E-state index in [4.69, 9.17) is 18.5 Å². The van der Waals surface area contributed by atoms with E-state index in [1.807, 2.05) is 12.2 Å². The third-order valence-corrected chi connectivity index (χ3v) is 10.4. The van der Waals surface area contributed by atoms with E-state index in [1.54, 1.807) is 0 Å². The first kappa shape index (κ1) is 55.8. The van der Waals surface area contributed by atoms with E-state index in [0.717, 1.165) is 83.5 Å². The number of ether oxygens (including phenoxy) is 2. The Labute approximate surface area is 364 Å². The van der Waals surface area contributed by atoms with Gasteiger partial charge in [0.05, 0.1) is 6.61 Å². The van der Waals surface area contributed by atoms with E-state index in [-0.39, 0.29) is 12.8 Å². The second-order valence-electron chi connectivity index (χ2n) is 14.8. The van der Waals surface area contributed by atoms with Crippen LogP contribution in [0.2, 0.25) is 0 Å². The number of carbonyl (C=O) groups excluding carboxylic acids is 2. The second-order valence-corrected chi connectivity index (χ2v) is 16.2. The molecule has 346 valence electrons. The molecule has 0 amide bonds. The maximum Gasteiger partial charge on any atom is 0.472 e. The number of hydrogen-bond acceptors (Lipinski definition) is 12. The SMILES string of the molecule is CC/C=C\C/C=C\C/C=C\C/C=C\C/C=C\CCCC(=O)O[C@H](COC(=O)CCCCCCC/C=C\C/C=C\C/C=C\CC)COP(=O)(O)OC1C(O)C(O)C(O)[C@@H](O)C1O. The Balaban J connectivity index is 2.55. The highest BCUT2D eigenvalue weighted by molar-refractivity contribution is 7.47. The van der Waals surface area contributed by atoms with Gasteiger partial charge in [-0.3, -0.25) is 18.6 Å². The molecule has 1 aliphatic carbocycles. The van der Waals surface area contributed by atoms with E-state index in [9.17, 15) is 44.6 Å². The monoisotopic (exact) mass is 878 g/mol. The molecule has 0 aromatic rings. The van der Waals surface area contributed by atoms with Crippen LogP contribution in [0.15, 0.2) is 97.2 Å². The summed E-state index contributed by atoms with van der Waals surface area (Å²) in [5.41, 5.74) is 0. The predicted octanol–water partition coefficient (Wildman–Crippen LogP) is 8.27. The van der Waals surface area contributed by atoms with Gasteiger partial charge in [0.15, 0.2) is 6.10 Å². The van der Waals surface area contributed by atoms with Gasteiger partial charge >= 0.3 is 19.8 Å². The Morgan fingerprint density at radius 2 is 0.902 bits per heavy atom. The van der Waals surface area contributed by atoms with Crippen LogP contribution in [0.1, 0.15) is 129 Å². The van der Waals surface area contributed by atoms with Crippen molar-refractivity contribution in [3.63, 3.8) is 0 Å². The van der Waals surface area contributed by atoms with Crippen LogP contribution in [0.25, 0.3) is 0 Å². The fourth-order valence-corrected chi connectivity index (χ4v) is 6.90. The summed E-state index contributed by atoms with van der Waals surface area (Å²) in [5, 5.41) is 50.1. The van der Waals surface area contributed by atoms with E-state index >= 15 is 0 Å². The summed E-state index contributed by atoms with van der Waals surface area (Å²) < 4.78 is 33.4. The van der Waals surface area contributed by atoms with Crippen LogP contribution in [-0.2, 0) is 32.7 Å². The van der Waals surface area contributed by atoms with E-state index in [2.05, 4.69) is 98.9 Å². The van der Waals surface area contributed by atoms with Crippen molar-refractivity contribution in [1.82, 2.24) is 0 Å². The first-order valence-corrected chi connectivity index (χ1v) is 23.5. The standard InChI is InChI=1S/C47H75O13P/c1-3-5-7-9-11-13-15-17-19-20-22-24-26-28-30-32-34-36-41(49)59-39(38-58-61(55,56)60-47-45(53)43(51)42(50)44(52)46(47)54)37-57-40(48)35-33-31-29-27-25-23-21-18-16-14-12-10-8-6-4-2/h5-8,11-14,17-19,21-22,24,28,30,39,42-47,50-54H,3-4,9-10,15-16,20,23,25-27,29,31-38H2,1-2H3,(H,55,56)/b7-5-,8-6-,13-11-,14-12-,19-17-,21-18-,24-22-,30-28-/t39-,42?,43-,44?,45?,46?,47?/m1/s1. The van der Waals surface area contributed by atoms with Crippen molar-refractivity contribution in [2.24, 2.45) is 0 Å². The Kier molecular flexibility index (Phi) is 33.2. The summed E-state index contributed by atoms with van der Waals surface area (Å²) in [7, 11) is -5.14. The summed E-state index contributed by atoms with van der Waals surface area (Å²) in [4.78, 5) is 35.6. The molecule has 6 unspecified atom stereocenters. The number of allylic oxidation sites excluding steroid dienone is 16. The Hall–Kier alpha value is -3.23. The van der Waals surface area contributed by atoms with Gasteiger partial charge in [-0.2, -0.15) is 0 Å². The molecule has 0 aromatic heterocycles. The van der Waals surface area contributed by atoms with Gasteiger partial charge in [-0.15, -0.1) is 0 Å². The van der Waals surface area contributed by atoms with Crippen LogP contribution in [0, 0.1) is 0 Å². The van der Waals surface area contributed by atoms with Gasteiger partial charge in [0, 0.05) is 12.8 Å². The summed E-state index contributed by atoms with van der Waals surface area (Å²) in [6.07, 6.45) is 34.7. The van der Waals surface area contributed by atoms with E-state index in [1.165, 1.54) is 0 Å². The molecule has 0 radical (unpaired) electrons. The van der Waals surface area contributed by atoms with Crippen molar-refractivity contribution in [2.45, 2.75) is 172 Å². The minimum Gasteiger partial charge on any atom is -0.462 e. The number of esters is 2. The lowest BCUT2D eigenvalue weighted by molar-refractivity contribution is -0.220. The first-order valence-electron chi connectivity index (χ1n) is 22.0. The fourth-order valence-electron chi connectivity index (χ4n) is 5.92. The van der Waals surface area contributed by atoms with Crippen LogP contribution in [0.5, 0.6) is 0 Å². The van der Waals surface area contributed by atoms with Gasteiger partial charge in [-0.25, -0.2) is 4.57 Å². The molecule has 0 heterocycles. The number of phosphoric acid groups is 1. The number of unbranched alkanes of at least 4 members (excludes halogenated alkanes) is 6. The van der Waals surface area contributed by atoms with Gasteiger partial charge in [0.1, 0.15) is 43.2 Å². The summed E-state index contributed by atoms with van der Waals surface area (Å²) in [6.45, 7) is 2.98. The van der Waals surface area contributed by atoms with Crippen molar-refractivity contribution in [2.75, 3.05) is 13.2 Å². The highest BCUT2D eigenvalue weighted by atomic mass is 31.2. The molecule has 14 heteroatoms. The molecule has 61 heavy (non-hydrogen) atoms. The molecular formula is C47H75O13P. The first-order chi connectivity index (χ1) is 29.4. The number of aliphatic hydroxyl groups excluding tert-OH is 5. The maximum atomic E-state index is 12.8. The molecule has 0 aliphatic heterocycles. The molecule has 13 nitrogen and oxygen atoms in total. The number of rotatable bonds is 34. The number of phosphoric ester groups is 1. The Morgan fingerprint density at radius 3 is 1.39 bits per heavy atom. The molecule has 6 N–H and O–H groups in total. The molecule has 1 saturated carbocycles. The van der Waals surface area contributed by atoms with Gasteiger partial charge in [0.2, 0.25) is 0 Å². The molecule has 8 atom stereocenters. The number of carbonyl (C=O) groups is 2.